The van der Waals surface area contributed by atoms with Gasteiger partial charge in [-0.05, 0) is 44.9 Å². The number of hydrogen-bond donors (Lipinski definition) is 1. The Balaban J connectivity index is 2.75. The molecular weight excluding hydrogens is 190 g/mol. The third kappa shape index (κ3) is 1.23. The Morgan fingerprint density at radius 2 is 1.93 bits per heavy atom. The molecule has 1 aliphatic rings. The van der Waals surface area contributed by atoms with Gasteiger partial charge in [-0.25, -0.2) is 0 Å². The van der Waals surface area contributed by atoms with Crippen LogP contribution in [0.25, 0.3) is 0 Å². The molecule has 1 aromatic carbocycles. The highest BCUT2D eigenvalue weighted by Crippen LogP contribution is 2.41. The number of carbonyl (C=O) groups is 1. The summed E-state index contributed by atoms with van der Waals surface area (Å²) in [5.74, 6) is 0.710. The summed E-state index contributed by atoms with van der Waals surface area (Å²) in [4.78, 5) is 12.1. The summed E-state index contributed by atoms with van der Waals surface area (Å²) < 4.78 is 5.67. The zero-order valence-electron chi connectivity index (χ0n) is 9.47. The maximum Gasteiger partial charge on any atom is 0.209 e. The molecule has 0 saturated heterocycles. The molecular formula is C12H15NO2. The second-order valence-electron chi connectivity index (χ2n) is 4.55. The monoisotopic (exact) mass is 205 g/mol. The number of hydrogen-bond acceptors (Lipinski definition) is 3. The van der Waals surface area contributed by atoms with Gasteiger partial charge in [0, 0.05) is 5.69 Å². The van der Waals surface area contributed by atoms with E-state index >= 15 is 0 Å². The molecule has 3 nitrogen and oxygen atoms in total. The summed E-state index contributed by atoms with van der Waals surface area (Å²) in [5.41, 5.74) is 8.13. The molecule has 1 heterocycles. The molecule has 3 heteroatoms. The Bertz CT molecular complexity index is 461. The SMILES string of the molecule is Cc1cc(N)c(C)c2c1OC(C)(C)C2=O. The number of ketones is 1. The van der Waals surface area contributed by atoms with Gasteiger partial charge in [-0.2, -0.15) is 0 Å². The van der Waals surface area contributed by atoms with E-state index < -0.39 is 5.60 Å². The van der Waals surface area contributed by atoms with Crippen LogP contribution in [0, 0.1) is 13.8 Å². The number of nitrogen functional groups attached to an aromatic ring is 1. The van der Waals surface area contributed by atoms with Gasteiger partial charge >= 0.3 is 0 Å². The summed E-state index contributed by atoms with van der Waals surface area (Å²) in [6.45, 7) is 7.33. The van der Waals surface area contributed by atoms with E-state index in [4.69, 9.17) is 10.5 Å². The van der Waals surface area contributed by atoms with Crippen LogP contribution >= 0.6 is 0 Å². The molecule has 15 heavy (non-hydrogen) atoms. The highest BCUT2D eigenvalue weighted by Gasteiger charge is 2.41. The molecule has 0 fully saturated rings. The molecule has 1 aromatic rings. The minimum atomic E-state index is -0.758. The topological polar surface area (TPSA) is 52.3 Å². The van der Waals surface area contributed by atoms with E-state index in [0.29, 0.717) is 17.0 Å². The molecule has 1 aliphatic heterocycles. The lowest BCUT2D eigenvalue weighted by molar-refractivity contribution is 0.0683. The van der Waals surface area contributed by atoms with Crippen molar-refractivity contribution in [3.8, 4) is 5.75 Å². The fourth-order valence-electron chi connectivity index (χ4n) is 1.93. The van der Waals surface area contributed by atoms with Gasteiger partial charge in [-0.3, -0.25) is 4.79 Å². The third-order valence-corrected chi connectivity index (χ3v) is 2.90. The smallest absolute Gasteiger partial charge is 0.209 e. The van der Waals surface area contributed by atoms with Crippen molar-refractivity contribution in [3.05, 3.63) is 22.8 Å². The van der Waals surface area contributed by atoms with Gasteiger partial charge in [-0.15, -0.1) is 0 Å². The lowest BCUT2D eigenvalue weighted by Crippen LogP contribution is -2.32. The maximum atomic E-state index is 12.1. The van der Waals surface area contributed by atoms with Gasteiger partial charge in [0.1, 0.15) is 5.75 Å². The molecule has 0 saturated carbocycles. The van der Waals surface area contributed by atoms with Gasteiger partial charge in [0.25, 0.3) is 0 Å². The van der Waals surface area contributed by atoms with Crippen LogP contribution in [0.1, 0.15) is 35.3 Å². The minimum absolute atomic E-state index is 0.0189. The maximum absolute atomic E-state index is 12.1. The molecule has 0 bridgehead atoms. The number of carbonyl (C=O) groups excluding carboxylic acids is 1. The van der Waals surface area contributed by atoms with Gasteiger partial charge in [-0.1, -0.05) is 0 Å². The fourth-order valence-corrected chi connectivity index (χ4v) is 1.93. The van der Waals surface area contributed by atoms with E-state index in [9.17, 15) is 4.79 Å². The second-order valence-corrected chi connectivity index (χ2v) is 4.55. The second kappa shape index (κ2) is 2.75. The highest BCUT2D eigenvalue weighted by atomic mass is 16.5. The molecule has 2 N–H and O–H groups in total. The van der Waals surface area contributed by atoms with Crippen LogP contribution in [-0.4, -0.2) is 11.4 Å². The van der Waals surface area contributed by atoms with E-state index in [2.05, 4.69) is 0 Å². The lowest BCUT2D eigenvalue weighted by atomic mass is 9.94. The van der Waals surface area contributed by atoms with Crippen molar-refractivity contribution in [1.82, 2.24) is 0 Å². The van der Waals surface area contributed by atoms with E-state index in [-0.39, 0.29) is 5.78 Å². The minimum Gasteiger partial charge on any atom is -0.479 e. The molecule has 0 amide bonds. The largest absolute Gasteiger partial charge is 0.479 e. The van der Waals surface area contributed by atoms with Gasteiger partial charge < -0.3 is 10.5 Å². The third-order valence-electron chi connectivity index (χ3n) is 2.90. The van der Waals surface area contributed by atoms with Crippen LogP contribution in [0.5, 0.6) is 5.75 Å². The van der Waals surface area contributed by atoms with Crippen molar-refractivity contribution in [3.63, 3.8) is 0 Å². The first-order valence-corrected chi connectivity index (χ1v) is 4.98. The number of fused-ring (bicyclic) bond motifs is 1. The van der Waals surface area contributed by atoms with Crippen LogP contribution in [0.2, 0.25) is 0 Å². The molecule has 0 atom stereocenters. The molecule has 0 aromatic heterocycles. The van der Waals surface area contributed by atoms with Crippen LogP contribution < -0.4 is 10.5 Å². The molecule has 0 spiro atoms. The highest BCUT2D eigenvalue weighted by molar-refractivity contribution is 6.09. The number of benzene rings is 1. The van der Waals surface area contributed by atoms with Crippen molar-refractivity contribution < 1.29 is 9.53 Å². The Kier molecular flexibility index (Phi) is 1.84. The van der Waals surface area contributed by atoms with Crippen LogP contribution in [0.15, 0.2) is 6.07 Å². The zero-order chi connectivity index (χ0) is 11.4. The molecule has 0 radical (unpaired) electrons. The Labute approximate surface area is 89.2 Å². The van der Waals surface area contributed by atoms with Gasteiger partial charge in [0.2, 0.25) is 5.78 Å². The van der Waals surface area contributed by atoms with Crippen molar-refractivity contribution in [1.29, 1.82) is 0 Å². The lowest BCUT2D eigenvalue weighted by Gasteiger charge is -2.15. The number of rotatable bonds is 0. The summed E-state index contributed by atoms with van der Waals surface area (Å²) in [7, 11) is 0. The van der Waals surface area contributed by atoms with Gasteiger partial charge in [0.15, 0.2) is 5.60 Å². The average molecular weight is 205 g/mol. The normalized spacial score (nSPS) is 17.5. The molecule has 2 rings (SSSR count). The van der Waals surface area contributed by atoms with Crippen molar-refractivity contribution in [2.45, 2.75) is 33.3 Å². The van der Waals surface area contributed by atoms with E-state index in [0.717, 1.165) is 11.1 Å². The van der Waals surface area contributed by atoms with Gasteiger partial charge in [0.05, 0.1) is 5.56 Å². The Morgan fingerprint density at radius 1 is 1.33 bits per heavy atom. The van der Waals surface area contributed by atoms with Crippen molar-refractivity contribution in [2.24, 2.45) is 0 Å². The first-order chi connectivity index (χ1) is 6.84. The number of nitrogens with two attached hydrogens (primary N) is 1. The number of ether oxygens (including phenoxy) is 1. The van der Waals surface area contributed by atoms with Crippen molar-refractivity contribution >= 4 is 11.5 Å². The van der Waals surface area contributed by atoms with Crippen LogP contribution in [0.3, 0.4) is 0 Å². The van der Waals surface area contributed by atoms with Crippen LogP contribution in [-0.2, 0) is 0 Å². The standard InChI is InChI=1S/C12H15NO2/c1-6-5-8(13)7(2)9-10(6)15-12(3,4)11(9)14/h5H,13H2,1-4H3. The summed E-state index contributed by atoms with van der Waals surface area (Å²) in [6, 6.07) is 1.85. The number of Topliss-reactive ketones (excluding diaryl/α,β-unsaturated/α-hetero) is 1. The fraction of sp³-hybridized carbons (Fsp3) is 0.417. The molecule has 0 unspecified atom stereocenters. The Morgan fingerprint density at radius 3 is 2.53 bits per heavy atom. The first kappa shape index (κ1) is 10.0. The van der Waals surface area contributed by atoms with E-state index in [1.165, 1.54) is 0 Å². The summed E-state index contributed by atoms with van der Waals surface area (Å²) in [6.07, 6.45) is 0. The molecule has 80 valence electrons. The van der Waals surface area contributed by atoms with Crippen molar-refractivity contribution in [2.75, 3.05) is 5.73 Å². The Hall–Kier alpha value is -1.51. The zero-order valence-corrected chi connectivity index (χ0v) is 9.47. The number of aryl methyl sites for hydroxylation is 1. The average Bonchev–Trinajstić information content (AvgIpc) is 2.36. The summed E-state index contributed by atoms with van der Waals surface area (Å²) >= 11 is 0. The van der Waals surface area contributed by atoms with E-state index in [1.807, 2.05) is 19.9 Å². The molecule has 0 aliphatic carbocycles. The van der Waals surface area contributed by atoms with E-state index in [1.54, 1.807) is 13.8 Å². The number of anilines is 1. The summed E-state index contributed by atoms with van der Waals surface area (Å²) in [5, 5.41) is 0. The quantitative estimate of drug-likeness (QED) is 0.661. The van der Waals surface area contributed by atoms with Crippen LogP contribution in [0.4, 0.5) is 5.69 Å². The predicted octanol–water partition coefficient (Wildman–Crippen LogP) is 2.24. The predicted molar refractivity (Wildman–Crippen MR) is 59.4 cm³/mol. The first-order valence-electron chi connectivity index (χ1n) is 4.98.